The van der Waals surface area contributed by atoms with Gasteiger partial charge in [-0.05, 0) is 69.8 Å². The molecule has 134 valence electrons. The summed E-state index contributed by atoms with van der Waals surface area (Å²) in [5.41, 5.74) is 3.66. The number of nitrogens with one attached hydrogen (secondary N) is 1. The number of amides is 1. The van der Waals surface area contributed by atoms with Crippen LogP contribution in [-0.2, 0) is 9.63 Å². The Bertz CT molecular complexity index is 501. The van der Waals surface area contributed by atoms with Crippen LogP contribution in [0.1, 0.15) is 57.6 Å². The first-order valence-electron chi connectivity index (χ1n) is 9.02. The summed E-state index contributed by atoms with van der Waals surface area (Å²) in [6.07, 6.45) is 5.53. The molecule has 0 aliphatic carbocycles. The second-order valence-corrected chi connectivity index (χ2v) is 6.41. The van der Waals surface area contributed by atoms with E-state index in [4.69, 9.17) is 9.57 Å². The Morgan fingerprint density at radius 1 is 1.21 bits per heavy atom. The highest BCUT2D eigenvalue weighted by Gasteiger charge is 2.19. The number of carbonyl (C=O) groups excluding carboxylic acids is 1. The summed E-state index contributed by atoms with van der Waals surface area (Å²) < 4.78 is 5.88. The van der Waals surface area contributed by atoms with E-state index in [9.17, 15) is 4.79 Å². The SMILES string of the molecule is CC(=O)NOCCCCCOc1cccc(C(C)N2CCCC2)c1. The van der Waals surface area contributed by atoms with E-state index in [2.05, 4.69) is 35.5 Å². The second kappa shape index (κ2) is 10.3. The van der Waals surface area contributed by atoms with Gasteiger partial charge >= 0.3 is 0 Å². The topological polar surface area (TPSA) is 50.8 Å². The number of likely N-dealkylation sites (tertiary alicyclic amines) is 1. The van der Waals surface area contributed by atoms with Gasteiger partial charge in [-0.25, -0.2) is 5.48 Å². The number of unbranched alkanes of at least 4 members (excludes halogenated alkanes) is 2. The van der Waals surface area contributed by atoms with Crippen LogP contribution in [-0.4, -0.2) is 37.1 Å². The molecule has 1 N–H and O–H groups in total. The van der Waals surface area contributed by atoms with Crippen molar-refractivity contribution in [3.63, 3.8) is 0 Å². The number of hydrogen-bond acceptors (Lipinski definition) is 4. The van der Waals surface area contributed by atoms with Crippen molar-refractivity contribution in [2.24, 2.45) is 0 Å². The Kier molecular flexibility index (Phi) is 8.05. The largest absolute Gasteiger partial charge is 0.494 e. The average molecular weight is 334 g/mol. The number of rotatable bonds is 10. The van der Waals surface area contributed by atoms with Crippen molar-refractivity contribution in [3.05, 3.63) is 29.8 Å². The minimum atomic E-state index is -0.165. The van der Waals surface area contributed by atoms with E-state index in [1.54, 1.807) is 0 Å². The molecule has 1 amide bonds. The van der Waals surface area contributed by atoms with Gasteiger partial charge in [-0.3, -0.25) is 14.5 Å². The molecule has 1 saturated heterocycles. The normalized spacial score (nSPS) is 16.1. The van der Waals surface area contributed by atoms with Gasteiger partial charge in [-0.2, -0.15) is 0 Å². The molecule has 1 aromatic rings. The Labute approximate surface area is 145 Å². The summed E-state index contributed by atoms with van der Waals surface area (Å²) in [6, 6.07) is 8.93. The van der Waals surface area contributed by atoms with E-state index < -0.39 is 0 Å². The molecular formula is C19H30N2O3. The lowest BCUT2D eigenvalue weighted by molar-refractivity contribution is -0.131. The molecule has 1 heterocycles. The van der Waals surface area contributed by atoms with Crippen LogP contribution in [0.5, 0.6) is 5.75 Å². The fourth-order valence-electron chi connectivity index (χ4n) is 3.00. The van der Waals surface area contributed by atoms with Crippen molar-refractivity contribution in [2.75, 3.05) is 26.3 Å². The number of benzene rings is 1. The summed E-state index contributed by atoms with van der Waals surface area (Å²) in [4.78, 5) is 18.2. The van der Waals surface area contributed by atoms with Crippen molar-refractivity contribution < 1.29 is 14.4 Å². The quantitative estimate of drug-likeness (QED) is 0.526. The molecule has 0 spiro atoms. The van der Waals surface area contributed by atoms with Crippen LogP contribution < -0.4 is 10.2 Å². The fourth-order valence-corrected chi connectivity index (χ4v) is 3.00. The monoisotopic (exact) mass is 334 g/mol. The highest BCUT2D eigenvalue weighted by molar-refractivity contribution is 5.71. The molecule has 1 aliphatic heterocycles. The molecule has 0 bridgehead atoms. The number of carbonyl (C=O) groups is 1. The lowest BCUT2D eigenvalue weighted by Crippen LogP contribution is -2.23. The van der Waals surface area contributed by atoms with Crippen LogP contribution in [0, 0.1) is 0 Å². The van der Waals surface area contributed by atoms with Crippen LogP contribution in [0.4, 0.5) is 0 Å². The predicted molar refractivity (Wildman–Crippen MR) is 94.8 cm³/mol. The molecule has 1 unspecified atom stereocenters. The van der Waals surface area contributed by atoms with Crippen LogP contribution in [0.15, 0.2) is 24.3 Å². The van der Waals surface area contributed by atoms with Crippen LogP contribution in [0.25, 0.3) is 0 Å². The molecular weight excluding hydrogens is 304 g/mol. The van der Waals surface area contributed by atoms with E-state index in [-0.39, 0.29) is 5.91 Å². The first-order valence-corrected chi connectivity index (χ1v) is 9.02. The standard InChI is InChI=1S/C19H30N2O3/c1-16(21-11-4-5-12-21)18-9-8-10-19(15-18)23-13-6-3-7-14-24-20-17(2)22/h8-10,15-16H,3-7,11-14H2,1-2H3,(H,20,22). The van der Waals surface area contributed by atoms with E-state index in [1.165, 1.54) is 38.4 Å². The van der Waals surface area contributed by atoms with E-state index in [1.807, 2.05) is 6.07 Å². The Morgan fingerprint density at radius 2 is 1.96 bits per heavy atom. The van der Waals surface area contributed by atoms with Gasteiger partial charge in [0.05, 0.1) is 13.2 Å². The average Bonchev–Trinajstić information content (AvgIpc) is 3.11. The summed E-state index contributed by atoms with van der Waals surface area (Å²) >= 11 is 0. The minimum Gasteiger partial charge on any atom is -0.494 e. The summed E-state index contributed by atoms with van der Waals surface area (Å²) in [7, 11) is 0. The van der Waals surface area contributed by atoms with Crippen molar-refractivity contribution in [2.45, 2.75) is 52.0 Å². The van der Waals surface area contributed by atoms with Crippen molar-refractivity contribution >= 4 is 5.91 Å². The molecule has 2 rings (SSSR count). The molecule has 0 radical (unpaired) electrons. The fraction of sp³-hybridized carbons (Fsp3) is 0.632. The second-order valence-electron chi connectivity index (χ2n) is 6.41. The van der Waals surface area contributed by atoms with E-state index in [0.717, 1.165) is 25.0 Å². The molecule has 24 heavy (non-hydrogen) atoms. The molecule has 1 aliphatic rings. The van der Waals surface area contributed by atoms with Gasteiger partial charge in [0, 0.05) is 13.0 Å². The molecule has 0 saturated carbocycles. The maximum Gasteiger partial charge on any atom is 0.240 e. The summed E-state index contributed by atoms with van der Waals surface area (Å²) in [5, 5.41) is 0. The molecule has 1 fully saturated rings. The highest BCUT2D eigenvalue weighted by atomic mass is 16.6. The lowest BCUT2D eigenvalue weighted by atomic mass is 10.1. The Hall–Kier alpha value is -1.59. The minimum absolute atomic E-state index is 0.165. The van der Waals surface area contributed by atoms with Crippen LogP contribution in [0.3, 0.4) is 0 Å². The van der Waals surface area contributed by atoms with Gasteiger partial charge < -0.3 is 4.74 Å². The van der Waals surface area contributed by atoms with Gasteiger partial charge in [0.25, 0.3) is 0 Å². The van der Waals surface area contributed by atoms with Crippen LogP contribution in [0.2, 0.25) is 0 Å². The van der Waals surface area contributed by atoms with E-state index >= 15 is 0 Å². The first-order chi connectivity index (χ1) is 11.7. The molecule has 5 heteroatoms. The number of hydrogen-bond donors (Lipinski definition) is 1. The zero-order valence-electron chi connectivity index (χ0n) is 14.9. The zero-order chi connectivity index (χ0) is 17.2. The third-order valence-electron chi connectivity index (χ3n) is 4.40. The highest BCUT2D eigenvalue weighted by Crippen LogP contribution is 2.27. The van der Waals surface area contributed by atoms with Gasteiger partial charge in [-0.1, -0.05) is 12.1 Å². The summed E-state index contributed by atoms with van der Waals surface area (Å²) in [6.45, 7) is 7.37. The number of nitrogens with zero attached hydrogens (tertiary/aromatic N) is 1. The van der Waals surface area contributed by atoms with Crippen molar-refractivity contribution in [3.8, 4) is 5.75 Å². The Morgan fingerprint density at radius 3 is 2.71 bits per heavy atom. The van der Waals surface area contributed by atoms with E-state index in [0.29, 0.717) is 19.3 Å². The van der Waals surface area contributed by atoms with Crippen molar-refractivity contribution in [1.29, 1.82) is 0 Å². The predicted octanol–water partition coefficient (Wildman–Crippen LogP) is 3.46. The molecule has 1 atom stereocenters. The van der Waals surface area contributed by atoms with Gasteiger partial charge in [0.15, 0.2) is 0 Å². The number of ether oxygens (including phenoxy) is 1. The van der Waals surface area contributed by atoms with Gasteiger partial charge in [-0.15, -0.1) is 0 Å². The van der Waals surface area contributed by atoms with Crippen LogP contribution >= 0.6 is 0 Å². The zero-order valence-corrected chi connectivity index (χ0v) is 14.9. The molecule has 5 nitrogen and oxygen atoms in total. The Balaban J connectivity index is 1.64. The smallest absolute Gasteiger partial charge is 0.240 e. The van der Waals surface area contributed by atoms with Gasteiger partial charge in [0.1, 0.15) is 5.75 Å². The molecule has 1 aromatic carbocycles. The summed E-state index contributed by atoms with van der Waals surface area (Å²) in [5.74, 6) is 0.786. The lowest BCUT2D eigenvalue weighted by Gasteiger charge is -2.24. The first kappa shape index (κ1) is 18.7. The van der Waals surface area contributed by atoms with Gasteiger partial charge in [0.2, 0.25) is 5.91 Å². The maximum atomic E-state index is 10.6. The third-order valence-corrected chi connectivity index (χ3v) is 4.40. The maximum absolute atomic E-state index is 10.6. The number of hydroxylamine groups is 1. The van der Waals surface area contributed by atoms with Crippen molar-refractivity contribution in [1.82, 2.24) is 10.4 Å². The third kappa shape index (κ3) is 6.49. The molecule has 0 aromatic heterocycles.